The normalized spacial score (nSPS) is 12.6. The van der Waals surface area contributed by atoms with Crippen molar-refractivity contribution in [1.82, 2.24) is 5.32 Å². The maximum absolute atomic E-state index is 12.7. The zero-order valence-corrected chi connectivity index (χ0v) is 18.4. The maximum atomic E-state index is 12.7. The Labute approximate surface area is 183 Å². The van der Waals surface area contributed by atoms with Gasteiger partial charge in [0, 0.05) is 11.9 Å². The van der Waals surface area contributed by atoms with E-state index in [2.05, 4.69) is 5.32 Å². The molecule has 2 aromatic carbocycles. The fourth-order valence-electron chi connectivity index (χ4n) is 4.31. The highest BCUT2D eigenvalue weighted by Crippen LogP contribution is 2.36. The predicted octanol–water partition coefficient (Wildman–Crippen LogP) is 4.36. The van der Waals surface area contributed by atoms with E-state index in [1.54, 1.807) is 0 Å². The number of fused-ring (bicyclic) bond motifs is 4. The lowest BCUT2D eigenvalue weighted by Gasteiger charge is -2.10. The zero-order valence-electron chi connectivity index (χ0n) is 18.4. The molecule has 4 aromatic rings. The summed E-state index contributed by atoms with van der Waals surface area (Å²) in [4.78, 5) is 25.4. The van der Waals surface area contributed by atoms with Crippen LogP contribution >= 0.6 is 0 Å². The van der Waals surface area contributed by atoms with Gasteiger partial charge in [0.05, 0.1) is 17.4 Å². The third-order valence-electron chi connectivity index (χ3n) is 6.14. The monoisotopic (exact) mass is 433 g/mol. The fraction of sp³-hybridized carbons (Fsp3) is 0.280. The largest absolute Gasteiger partial charge is 0.460 e. The number of aryl methyl sites for hydroxylation is 4. The number of carbonyl (C=O) groups is 1. The summed E-state index contributed by atoms with van der Waals surface area (Å²) >= 11 is 0. The molecule has 0 unspecified atom stereocenters. The molecular formula is C25H23NO6. The van der Waals surface area contributed by atoms with Crippen LogP contribution in [0.5, 0.6) is 11.5 Å². The molecule has 0 aliphatic carbocycles. The highest BCUT2D eigenvalue weighted by atomic mass is 16.7. The van der Waals surface area contributed by atoms with Gasteiger partial charge in [-0.2, -0.15) is 0 Å². The number of carbonyl (C=O) groups excluding carboxylic acids is 1. The van der Waals surface area contributed by atoms with Crippen LogP contribution in [0.25, 0.3) is 21.9 Å². The van der Waals surface area contributed by atoms with Crippen LogP contribution in [0.2, 0.25) is 0 Å². The van der Waals surface area contributed by atoms with Crippen molar-refractivity contribution in [2.24, 2.45) is 0 Å². The molecule has 2 aromatic heterocycles. The van der Waals surface area contributed by atoms with E-state index in [0.29, 0.717) is 40.3 Å². The number of benzene rings is 2. The van der Waals surface area contributed by atoms with E-state index in [9.17, 15) is 9.59 Å². The van der Waals surface area contributed by atoms with Crippen molar-refractivity contribution in [2.75, 3.05) is 6.79 Å². The molecule has 0 saturated carbocycles. The van der Waals surface area contributed by atoms with Gasteiger partial charge in [-0.3, -0.25) is 4.79 Å². The molecule has 0 saturated heterocycles. The van der Waals surface area contributed by atoms with E-state index < -0.39 is 5.63 Å². The van der Waals surface area contributed by atoms with E-state index in [4.69, 9.17) is 18.3 Å². The van der Waals surface area contributed by atoms with Crippen LogP contribution in [0.4, 0.5) is 0 Å². The number of nitrogens with one attached hydrogen (secondary N) is 1. The molecule has 1 N–H and O–H groups in total. The van der Waals surface area contributed by atoms with Gasteiger partial charge < -0.3 is 23.6 Å². The Kier molecular flexibility index (Phi) is 4.69. The Hall–Kier alpha value is -3.74. The second-order valence-corrected chi connectivity index (χ2v) is 8.19. The van der Waals surface area contributed by atoms with Crippen LogP contribution in [0, 0.1) is 27.7 Å². The Morgan fingerprint density at radius 1 is 0.969 bits per heavy atom. The Morgan fingerprint density at radius 2 is 1.75 bits per heavy atom. The Bertz CT molecular complexity index is 1460. The Morgan fingerprint density at radius 3 is 2.56 bits per heavy atom. The van der Waals surface area contributed by atoms with Gasteiger partial charge in [-0.15, -0.1) is 0 Å². The molecule has 5 rings (SSSR count). The first-order valence-corrected chi connectivity index (χ1v) is 10.4. The topological polar surface area (TPSA) is 90.9 Å². The van der Waals surface area contributed by atoms with Crippen molar-refractivity contribution in [3.8, 4) is 11.5 Å². The Balaban J connectivity index is 1.45. The smallest absolute Gasteiger partial charge is 0.340 e. The molecule has 7 nitrogen and oxygen atoms in total. The number of rotatable bonds is 4. The van der Waals surface area contributed by atoms with Crippen molar-refractivity contribution < 1.29 is 23.1 Å². The van der Waals surface area contributed by atoms with Crippen LogP contribution in [-0.4, -0.2) is 12.7 Å². The molecule has 32 heavy (non-hydrogen) atoms. The zero-order chi connectivity index (χ0) is 22.6. The molecule has 3 heterocycles. The van der Waals surface area contributed by atoms with Gasteiger partial charge in [0.15, 0.2) is 11.5 Å². The second-order valence-electron chi connectivity index (χ2n) is 8.19. The molecule has 0 bridgehead atoms. The number of ether oxygens (including phenoxy) is 2. The maximum Gasteiger partial charge on any atom is 0.340 e. The molecule has 0 fully saturated rings. The SMILES string of the molecule is Cc1oc2c(c(C)cc3oc(=O)c(CC(=O)NCc4ccc5c(c4)OCO5)c(C)c32)c1C. The van der Waals surface area contributed by atoms with Crippen molar-refractivity contribution in [3.63, 3.8) is 0 Å². The molecule has 0 spiro atoms. The minimum Gasteiger partial charge on any atom is -0.460 e. The van der Waals surface area contributed by atoms with E-state index in [0.717, 1.165) is 33.2 Å². The molecule has 1 aliphatic heterocycles. The molecule has 7 heteroatoms. The molecule has 0 atom stereocenters. The summed E-state index contributed by atoms with van der Waals surface area (Å²) in [5.41, 5.74) is 4.61. The van der Waals surface area contributed by atoms with Gasteiger partial charge in [-0.25, -0.2) is 4.79 Å². The third kappa shape index (κ3) is 3.21. The van der Waals surface area contributed by atoms with Crippen LogP contribution < -0.4 is 20.4 Å². The van der Waals surface area contributed by atoms with Crippen LogP contribution in [0.3, 0.4) is 0 Å². The third-order valence-corrected chi connectivity index (χ3v) is 6.14. The summed E-state index contributed by atoms with van der Waals surface area (Å²) in [5, 5.41) is 4.62. The van der Waals surface area contributed by atoms with E-state index in [1.807, 2.05) is 52.0 Å². The van der Waals surface area contributed by atoms with Crippen molar-refractivity contribution >= 4 is 27.8 Å². The van der Waals surface area contributed by atoms with Crippen LogP contribution in [0.15, 0.2) is 37.9 Å². The quantitative estimate of drug-likeness (QED) is 0.481. The second kappa shape index (κ2) is 7.44. The van der Waals surface area contributed by atoms with E-state index >= 15 is 0 Å². The molecule has 164 valence electrons. The summed E-state index contributed by atoms with van der Waals surface area (Å²) in [6.07, 6.45) is -0.0807. The predicted molar refractivity (Wildman–Crippen MR) is 119 cm³/mol. The first kappa shape index (κ1) is 20.2. The fourth-order valence-corrected chi connectivity index (χ4v) is 4.31. The number of hydrogen-bond donors (Lipinski definition) is 1. The lowest BCUT2D eigenvalue weighted by atomic mass is 9.98. The summed E-state index contributed by atoms with van der Waals surface area (Å²) in [6, 6.07) is 7.37. The lowest BCUT2D eigenvalue weighted by Crippen LogP contribution is -2.27. The van der Waals surface area contributed by atoms with Crippen LogP contribution in [0.1, 0.15) is 33.6 Å². The number of furan rings is 1. The van der Waals surface area contributed by atoms with Crippen molar-refractivity contribution in [2.45, 2.75) is 40.7 Å². The summed E-state index contributed by atoms with van der Waals surface area (Å²) in [7, 11) is 0. The summed E-state index contributed by atoms with van der Waals surface area (Å²) in [6.45, 7) is 8.24. The average Bonchev–Trinajstić information content (AvgIpc) is 3.33. The van der Waals surface area contributed by atoms with Crippen molar-refractivity contribution in [1.29, 1.82) is 0 Å². The van der Waals surface area contributed by atoms with Gasteiger partial charge in [-0.1, -0.05) is 6.07 Å². The van der Waals surface area contributed by atoms with Gasteiger partial charge in [-0.05, 0) is 68.1 Å². The van der Waals surface area contributed by atoms with E-state index in [1.165, 1.54) is 0 Å². The molecule has 0 radical (unpaired) electrons. The minimum atomic E-state index is -0.507. The van der Waals surface area contributed by atoms with E-state index in [-0.39, 0.29) is 19.1 Å². The summed E-state index contributed by atoms with van der Waals surface area (Å²) < 4.78 is 22.3. The first-order valence-electron chi connectivity index (χ1n) is 10.4. The molecular weight excluding hydrogens is 410 g/mol. The standard InChI is InChI=1S/C25H23NO6/c1-12-7-20-23(24-22(12)13(2)15(4)31-24)14(3)17(25(28)32-20)9-21(27)26-10-16-5-6-18-19(8-16)30-11-29-18/h5-8H,9-11H2,1-4H3,(H,26,27). The van der Waals surface area contributed by atoms with Crippen LogP contribution in [-0.2, 0) is 17.8 Å². The minimum absolute atomic E-state index is 0.0807. The number of hydrogen-bond acceptors (Lipinski definition) is 6. The highest BCUT2D eigenvalue weighted by Gasteiger charge is 2.21. The van der Waals surface area contributed by atoms with Gasteiger partial charge in [0.2, 0.25) is 12.7 Å². The first-order chi connectivity index (χ1) is 15.3. The van der Waals surface area contributed by atoms with Gasteiger partial charge in [0.1, 0.15) is 16.9 Å². The van der Waals surface area contributed by atoms with Gasteiger partial charge >= 0.3 is 5.63 Å². The van der Waals surface area contributed by atoms with Gasteiger partial charge in [0.25, 0.3) is 0 Å². The molecule has 1 amide bonds. The summed E-state index contributed by atoms with van der Waals surface area (Å²) in [5.74, 6) is 1.90. The molecule has 1 aliphatic rings. The lowest BCUT2D eigenvalue weighted by molar-refractivity contribution is -0.120. The number of amides is 1. The van der Waals surface area contributed by atoms with Crippen molar-refractivity contribution in [3.05, 3.63) is 68.3 Å². The highest BCUT2D eigenvalue weighted by molar-refractivity contribution is 6.07. The average molecular weight is 433 g/mol.